The number of nitrogens with two attached hydrogens (primary N) is 1. The Bertz CT molecular complexity index is 253. The molecule has 0 unspecified atom stereocenters. The number of ether oxygens (including phenoxy) is 1. The lowest BCUT2D eigenvalue weighted by Gasteiger charge is -2.24. The van der Waals surface area contributed by atoms with Gasteiger partial charge in [0.1, 0.15) is 11.9 Å². The fourth-order valence-corrected chi connectivity index (χ4v) is 1.18. The van der Waals surface area contributed by atoms with E-state index in [1.54, 1.807) is 0 Å². The van der Waals surface area contributed by atoms with Crippen LogP contribution >= 0.6 is 0 Å². The molecule has 1 aromatic rings. The second-order valence-electron chi connectivity index (χ2n) is 3.10. The van der Waals surface area contributed by atoms with E-state index >= 15 is 0 Å². The van der Waals surface area contributed by atoms with Gasteiger partial charge in [-0.05, 0) is 25.3 Å². The third-order valence-electron chi connectivity index (χ3n) is 2.17. The largest absolute Gasteiger partial charge is 0.462 e. The quantitative estimate of drug-likeness (QED) is 0.744. The van der Waals surface area contributed by atoms with E-state index in [2.05, 4.69) is 0 Å². The van der Waals surface area contributed by atoms with E-state index < -0.39 is 0 Å². The first-order valence-electron chi connectivity index (χ1n) is 4.34. The Morgan fingerprint density at radius 2 is 2.33 bits per heavy atom. The Hall–Kier alpha value is -0.960. The third kappa shape index (κ3) is 1.46. The molecular weight excluding hydrogens is 154 g/mol. The van der Waals surface area contributed by atoms with Crippen LogP contribution in [0.5, 0.6) is 5.95 Å². The molecule has 0 bridgehead atoms. The lowest BCUT2D eigenvalue weighted by molar-refractivity contribution is 0.0886. The molecule has 12 heavy (non-hydrogen) atoms. The van der Waals surface area contributed by atoms with Crippen molar-refractivity contribution in [2.24, 2.45) is 5.73 Å². The van der Waals surface area contributed by atoms with Gasteiger partial charge in [-0.2, -0.15) is 0 Å². The Labute approximate surface area is 71.5 Å². The molecule has 0 radical (unpaired) electrons. The summed E-state index contributed by atoms with van der Waals surface area (Å²) in [5.41, 5.74) is 5.39. The molecule has 0 amide bonds. The van der Waals surface area contributed by atoms with E-state index in [1.165, 1.54) is 6.42 Å². The van der Waals surface area contributed by atoms with Crippen molar-refractivity contribution in [3.63, 3.8) is 0 Å². The molecule has 0 aromatic carbocycles. The van der Waals surface area contributed by atoms with Gasteiger partial charge >= 0.3 is 0 Å². The van der Waals surface area contributed by atoms with Crippen molar-refractivity contribution < 1.29 is 9.15 Å². The molecule has 1 aliphatic rings. The molecule has 1 aromatic heterocycles. The van der Waals surface area contributed by atoms with Crippen molar-refractivity contribution in [2.75, 3.05) is 0 Å². The minimum Gasteiger partial charge on any atom is -0.462 e. The molecule has 3 heteroatoms. The van der Waals surface area contributed by atoms with Crippen molar-refractivity contribution in [1.29, 1.82) is 0 Å². The number of rotatable bonds is 3. The highest BCUT2D eigenvalue weighted by Crippen LogP contribution is 2.26. The molecule has 0 spiro atoms. The summed E-state index contributed by atoms with van der Waals surface area (Å²) >= 11 is 0. The van der Waals surface area contributed by atoms with Crippen molar-refractivity contribution in [1.82, 2.24) is 0 Å². The van der Waals surface area contributed by atoms with Gasteiger partial charge in [0, 0.05) is 6.07 Å². The maximum Gasteiger partial charge on any atom is 0.284 e. The highest BCUT2D eigenvalue weighted by molar-refractivity contribution is 5.12. The molecule has 1 fully saturated rings. The summed E-state index contributed by atoms with van der Waals surface area (Å²) in [5, 5.41) is 0. The Morgan fingerprint density at radius 1 is 1.50 bits per heavy atom. The molecule has 1 saturated carbocycles. The molecule has 1 aliphatic carbocycles. The first-order chi connectivity index (χ1) is 5.88. The van der Waals surface area contributed by atoms with Crippen LogP contribution in [0.3, 0.4) is 0 Å². The highest BCUT2D eigenvalue weighted by Gasteiger charge is 2.20. The van der Waals surface area contributed by atoms with Gasteiger partial charge in [-0.25, -0.2) is 0 Å². The van der Waals surface area contributed by atoms with Gasteiger partial charge in [-0.3, -0.25) is 0 Å². The van der Waals surface area contributed by atoms with Crippen LogP contribution in [0.25, 0.3) is 0 Å². The second-order valence-corrected chi connectivity index (χ2v) is 3.10. The number of hydrogen-bond acceptors (Lipinski definition) is 3. The molecular formula is C9H13NO2. The van der Waals surface area contributed by atoms with Gasteiger partial charge in [-0.1, -0.05) is 0 Å². The van der Waals surface area contributed by atoms with Gasteiger partial charge in [-0.15, -0.1) is 0 Å². The molecule has 3 nitrogen and oxygen atoms in total. The first-order valence-corrected chi connectivity index (χ1v) is 4.34. The lowest BCUT2D eigenvalue weighted by Crippen LogP contribution is -2.24. The summed E-state index contributed by atoms with van der Waals surface area (Å²) < 4.78 is 10.8. The summed E-state index contributed by atoms with van der Waals surface area (Å²) in [5.74, 6) is 1.39. The zero-order chi connectivity index (χ0) is 8.39. The van der Waals surface area contributed by atoms with Crippen LogP contribution in [-0.2, 0) is 6.54 Å². The maximum absolute atomic E-state index is 5.51. The Kier molecular flexibility index (Phi) is 2.04. The van der Waals surface area contributed by atoms with Crippen LogP contribution < -0.4 is 10.5 Å². The minimum atomic E-state index is 0.377. The Morgan fingerprint density at radius 3 is 2.83 bits per heavy atom. The van der Waals surface area contributed by atoms with E-state index in [0.29, 0.717) is 18.6 Å². The third-order valence-corrected chi connectivity index (χ3v) is 2.17. The number of furan rings is 1. The smallest absolute Gasteiger partial charge is 0.284 e. The normalized spacial score (nSPS) is 17.4. The second kappa shape index (κ2) is 3.19. The van der Waals surface area contributed by atoms with Crippen LogP contribution in [-0.4, -0.2) is 6.10 Å². The molecule has 0 aliphatic heterocycles. The van der Waals surface area contributed by atoms with Gasteiger partial charge < -0.3 is 14.9 Å². The standard InChI is InChI=1S/C9H13NO2/c10-6-8-4-5-9(12-8)11-7-2-1-3-7/h4-5,7H,1-3,6,10H2. The van der Waals surface area contributed by atoms with Gasteiger partial charge in [0.05, 0.1) is 6.54 Å². The monoisotopic (exact) mass is 167 g/mol. The van der Waals surface area contributed by atoms with E-state index in [9.17, 15) is 0 Å². The van der Waals surface area contributed by atoms with Crippen molar-refractivity contribution in [3.8, 4) is 5.95 Å². The lowest BCUT2D eigenvalue weighted by atomic mass is 9.96. The van der Waals surface area contributed by atoms with E-state index in [0.717, 1.165) is 18.6 Å². The zero-order valence-corrected chi connectivity index (χ0v) is 6.95. The minimum absolute atomic E-state index is 0.377. The summed E-state index contributed by atoms with van der Waals surface area (Å²) in [4.78, 5) is 0. The van der Waals surface area contributed by atoms with Gasteiger partial charge in [0.25, 0.3) is 5.95 Å². The predicted octanol–water partition coefficient (Wildman–Crippen LogP) is 1.67. The van der Waals surface area contributed by atoms with E-state index in [1.807, 2.05) is 12.1 Å². The average molecular weight is 167 g/mol. The van der Waals surface area contributed by atoms with Crippen molar-refractivity contribution in [3.05, 3.63) is 17.9 Å². The summed E-state index contributed by atoms with van der Waals surface area (Å²) in [7, 11) is 0. The topological polar surface area (TPSA) is 48.4 Å². The maximum atomic E-state index is 5.51. The molecule has 0 atom stereocenters. The van der Waals surface area contributed by atoms with E-state index in [-0.39, 0.29) is 0 Å². The highest BCUT2D eigenvalue weighted by atomic mass is 16.6. The summed E-state index contributed by atoms with van der Waals surface area (Å²) in [6.45, 7) is 0.439. The van der Waals surface area contributed by atoms with Crippen LogP contribution in [0.15, 0.2) is 16.5 Å². The molecule has 0 saturated heterocycles. The van der Waals surface area contributed by atoms with E-state index in [4.69, 9.17) is 14.9 Å². The van der Waals surface area contributed by atoms with Crippen LogP contribution in [0.4, 0.5) is 0 Å². The predicted molar refractivity (Wildman–Crippen MR) is 44.9 cm³/mol. The van der Waals surface area contributed by atoms with Crippen LogP contribution in [0.2, 0.25) is 0 Å². The van der Waals surface area contributed by atoms with Gasteiger partial charge in [0.15, 0.2) is 0 Å². The first kappa shape index (κ1) is 7.68. The zero-order valence-electron chi connectivity index (χ0n) is 6.95. The summed E-state index contributed by atoms with van der Waals surface area (Å²) in [6, 6.07) is 3.69. The fraction of sp³-hybridized carbons (Fsp3) is 0.556. The van der Waals surface area contributed by atoms with Gasteiger partial charge in [0.2, 0.25) is 0 Å². The van der Waals surface area contributed by atoms with Crippen LogP contribution in [0, 0.1) is 0 Å². The SMILES string of the molecule is NCc1ccc(OC2CCC2)o1. The number of hydrogen-bond donors (Lipinski definition) is 1. The molecule has 1 heterocycles. The molecule has 2 rings (SSSR count). The molecule has 66 valence electrons. The molecule has 2 N–H and O–H groups in total. The van der Waals surface area contributed by atoms with Crippen molar-refractivity contribution >= 4 is 0 Å². The fourth-order valence-electron chi connectivity index (χ4n) is 1.18. The summed E-state index contributed by atoms with van der Waals surface area (Å²) in [6.07, 6.45) is 3.95. The average Bonchev–Trinajstić information content (AvgIpc) is 2.44. The van der Waals surface area contributed by atoms with Crippen molar-refractivity contribution in [2.45, 2.75) is 31.9 Å². The Balaban J connectivity index is 1.93. The van der Waals surface area contributed by atoms with Crippen LogP contribution in [0.1, 0.15) is 25.0 Å².